The van der Waals surface area contributed by atoms with E-state index >= 15 is 0 Å². The minimum Gasteiger partial charge on any atom is -0.398 e. The fraction of sp³-hybridized carbons (Fsp3) is 0.500. The van der Waals surface area contributed by atoms with E-state index < -0.39 is 10.8 Å². The highest BCUT2D eigenvalue weighted by Crippen LogP contribution is 2.21. The lowest BCUT2D eigenvalue weighted by Crippen LogP contribution is -2.27. The van der Waals surface area contributed by atoms with Crippen LogP contribution in [0.4, 0.5) is 5.69 Å². The van der Waals surface area contributed by atoms with Gasteiger partial charge in [0.05, 0.1) is 15.7 Å². The summed E-state index contributed by atoms with van der Waals surface area (Å²) >= 11 is 5.81. The van der Waals surface area contributed by atoms with Gasteiger partial charge in [-0.15, -0.1) is 0 Å². The lowest BCUT2D eigenvalue weighted by molar-refractivity contribution is 0.323. The van der Waals surface area contributed by atoms with Gasteiger partial charge >= 0.3 is 0 Å². The molecule has 96 valence electrons. The molecule has 1 unspecified atom stereocenters. The van der Waals surface area contributed by atoms with Crippen molar-refractivity contribution in [1.29, 1.82) is 0 Å². The molecule has 0 saturated carbocycles. The average Bonchev–Trinajstić information content (AvgIpc) is 2.30. The Hall–Kier alpha value is -0.580. The summed E-state index contributed by atoms with van der Waals surface area (Å²) in [7, 11) is -1.05. The van der Waals surface area contributed by atoms with E-state index in [1.165, 1.54) is 0 Å². The van der Waals surface area contributed by atoms with Gasteiger partial charge in [0.1, 0.15) is 0 Å². The highest BCUT2D eigenvalue weighted by molar-refractivity contribution is 7.85. The molecule has 0 bridgehead atoms. The first kappa shape index (κ1) is 14.5. The zero-order valence-corrected chi connectivity index (χ0v) is 11.9. The molecule has 0 spiro atoms. The zero-order chi connectivity index (χ0) is 12.8. The Balaban J connectivity index is 2.64. The summed E-state index contributed by atoms with van der Waals surface area (Å²) in [5.41, 5.74) is 6.31. The molecule has 0 amide bonds. The predicted octanol–water partition coefficient (Wildman–Crippen LogP) is 2.37. The number of nitrogens with two attached hydrogens (primary N) is 1. The van der Waals surface area contributed by atoms with E-state index in [1.807, 2.05) is 0 Å². The van der Waals surface area contributed by atoms with Crippen molar-refractivity contribution in [2.45, 2.75) is 18.7 Å². The van der Waals surface area contributed by atoms with Crippen LogP contribution in [0.1, 0.15) is 13.8 Å². The third-order valence-electron chi connectivity index (χ3n) is 2.70. The number of anilines is 1. The van der Waals surface area contributed by atoms with E-state index in [0.29, 0.717) is 21.4 Å². The summed E-state index contributed by atoms with van der Waals surface area (Å²) < 4.78 is 12.1. The first-order valence-electron chi connectivity index (χ1n) is 5.74. The fourth-order valence-corrected chi connectivity index (χ4v) is 2.95. The van der Waals surface area contributed by atoms with Gasteiger partial charge in [-0.1, -0.05) is 25.4 Å². The van der Waals surface area contributed by atoms with Gasteiger partial charge in [0.25, 0.3) is 0 Å². The van der Waals surface area contributed by atoms with Gasteiger partial charge in [-0.3, -0.25) is 4.21 Å². The number of hydrogen-bond donors (Lipinski definition) is 1. The first-order chi connectivity index (χ1) is 8.08. The molecule has 1 aromatic carbocycles. The molecule has 1 atom stereocenters. The normalized spacial score (nSPS) is 12.9. The van der Waals surface area contributed by atoms with Crippen molar-refractivity contribution < 1.29 is 4.21 Å². The summed E-state index contributed by atoms with van der Waals surface area (Å²) in [5.74, 6) is 0.605. The number of rotatable bonds is 6. The summed E-state index contributed by atoms with van der Waals surface area (Å²) in [6, 6.07) is 5.12. The molecular formula is C12H19ClN2OS. The molecule has 0 aliphatic rings. The molecular weight excluding hydrogens is 256 g/mol. The third-order valence-corrected chi connectivity index (χ3v) is 4.36. The summed E-state index contributed by atoms with van der Waals surface area (Å²) in [4.78, 5) is 2.92. The summed E-state index contributed by atoms with van der Waals surface area (Å²) in [6.45, 7) is 6.97. The molecule has 1 rings (SSSR count). The van der Waals surface area contributed by atoms with E-state index in [4.69, 9.17) is 17.3 Å². The number of nitrogen functional groups attached to an aromatic ring is 1. The fourth-order valence-electron chi connectivity index (χ4n) is 1.59. The van der Waals surface area contributed by atoms with Crippen molar-refractivity contribution in [2.75, 3.05) is 31.1 Å². The van der Waals surface area contributed by atoms with E-state index in [0.717, 1.165) is 19.6 Å². The van der Waals surface area contributed by atoms with Crippen LogP contribution in [0.25, 0.3) is 0 Å². The quantitative estimate of drug-likeness (QED) is 0.810. The largest absolute Gasteiger partial charge is 0.398 e. The van der Waals surface area contributed by atoms with Crippen LogP contribution in [0.15, 0.2) is 23.1 Å². The van der Waals surface area contributed by atoms with Crippen molar-refractivity contribution in [3.63, 3.8) is 0 Å². The van der Waals surface area contributed by atoms with Gasteiger partial charge < -0.3 is 10.6 Å². The summed E-state index contributed by atoms with van der Waals surface area (Å²) in [5, 5.41) is 0.576. The average molecular weight is 275 g/mol. The van der Waals surface area contributed by atoms with Crippen LogP contribution in [0.2, 0.25) is 5.02 Å². The lowest BCUT2D eigenvalue weighted by atomic mass is 10.3. The predicted molar refractivity (Wildman–Crippen MR) is 74.9 cm³/mol. The molecule has 2 N–H and O–H groups in total. The number of benzene rings is 1. The Bertz CT molecular complexity index is 394. The van der Waals surface area contributed by atoms with Gasteiger partial charge in [0.2, 0.25) is 0 Å². The van der Waals surface area contributed by atoms with Crippen LogP contribution in [-0.4, -0.2) is 34.5 Å². The number of nitrogens with zero attached hydrogens (tertiary/aromatic N) is 1. The third kappa shape index (κ3) is 4.30. The van der Waals surface area contributed by atoms with Gasteiger partial charge in [0.15, 0.2) is 0 Å². The Morgan fingerprint density at radius 3 is 2.53 bits per heavy atom. The lowest BCUT2D eigenvalue weighted by Gasteiger charge is -2.17. The molecule has 0 fully saturated rings. The molecule has 17 heavy (non-hydrogen) atoms. The van der Waals surface area contributed by atoms with Gasteiger partial charge in [-0.2, -0.15) is 0 Å². The molecule has 3 nitrogen and oxygen atoms in total. The van der Waals surface area contributed by atoms with Gasteiger partial charge in [-0.25, -0.2) is 0 Å². The van der Waals surface area contributed by atoms with Crippen LogP contribution in [-0.2, 0) is 10.8 Å². The van der Waals surface area contributed by atoms with E-state index in [-0.39, 0.29) is 0 Å². The maximum Gasteiger partial charge on any atom is 0.0618 e. The second-order valence-corrected chi connectivity index (χ2v) is 5.73. The molecule has 0 heterocycles. The zero-order valence-electron chi connectivity index (χ0n) is 10.3. The van der Waals surface area contributed by atoms with Crippen molar-refractivity contribution in [3.8, 4) is 0 Å². The van der Waals surface area contributed by atoms with Crippen molar-refractivity contribution in [2.24, 2.45) is 0 Å². The minimum absolute atomic E-state index is 0.510. The Labute approximate surface area is 110 Å². The highest BCUT2D eigenvalue weighted by atomic mass is 35.5. The number of hydrogen-bond acceptors (Lipinski definition) is 3. The second-order valence-electron chi connectivity index (χ2n) is 3.76. The van der Waals surface area contributed by atoms with Crippen LogP contribution < -0.4 is 5.73 Å². The Kier molecular flexibility index (Phi) is 5.95. The van der Waals surface area contributed by atoms with Crippen molar-refractivity contribution >= 4 is 28.1 Å². The monoisotopic (exact) mass is 274 g/mol. The van der Waals surface area contributed by atoms with Gasteiger partial charge in [0, 0.05) is 23.0 Å². The molecule has 1 aromatic rings. The van der Waals surface area contributed by atoms with E-state index in [9.17, 15) is 4.21 Å². The maximum absolute atomic E-state index is 12.1. The smallest absolute Gasteiger partial charge is 0.0618 e. The van der Waals surface area contributed by atoms with Gasteiger partial charge in [-0.05, 0) is 31.3 Å². The highest BCUT2D eigenvalue weighted by Gasteiger charge is 2.09. The second kappa shape index (κ2) is 6.99. The molecule has 0 aliphatic heterocycles. The molecule has 0 aromatic heterocycles. The summed E-state index contributed by atoms with van der Waals surface area (Å²) in [6.07, 6.45) is 0. The van der Waals surface area contributed by atoms with Crippen molar-refractivity contribution in [3.05, 3.63) is 23.2 Å². The minimum atomic E-state index is -1.05. The van der Waals surface area contributed by atoms with E-state index in [2.05, 4.69) is 18.7 Å². The molecule has 0 saturated heterocycles. The Morgan fingerprint density at radius 2 is 2.00 bits per heavy atom. The topological polar surface area (TPSA) is 46.3 Å². The molecule has 0 radical (unpaired) electrons. The van der Waals surface area contributed by atoms with Crippen LogP contribution in [0.3, 0.4) is 0 Å². The van der Waals surface area contributed by atoms with Crippen LogP contribution in [0, 0.1) is 0 Å². The van der Waals surface area contributed by atoms with E-state index in [1.54, 1.807) is 18.2 Å². The Morgan fingerprint density at radius 1 is 1.35 bits per heavy atom. The van der Waals surface area contributed by atoms with Crippen molar-refractivity contribution in [1.82, 2.24) is 4.90 Å². The van der Waals surface area contributed by atoms with Crippen LogP contribution >= 0.6 is 11.6 Å². The molecule has 0 aliphatic carbocycles. The molecule has 5 heteroatoms. The standard InChI is InChI=1S/C12H19ClN2OS/c1-3-15(4-2)7-8-17(16)12-6-5-10(13)9-11(12)14/h5-6,9H,3-4,7-8,14H2,1-2H3. The first-order valence-corrected chi connectivity index (χ1v) is 7.43. The number of halogens is 1. The van der Waals surface area contributed by atoms with Crippen LogP contribution in [0.5, 0.6) is 0 Å². The maximum atomic E-state index is 12.1. The SMILES string of the molecule is CCN(CC)CCS(=O)c1ccc(Cl)cc1N.